The van der Waals surface area contributed by atoms with Gasteiger partial charge < -0.3 is 35.2 Å². The lowest BCUT2D eigenvalue weighted by molar-refractivity contribution is -0.149. The fourth-order valence-corrected chi connectivity index (χ4v) is 7.91. The van der Waals surface area contributed by atoms with Crippen molar-refractivity contribution < 1.29 is 28.7 Å². The Kier molecular flexibility index (Phi) is 18.0. The summed E-state index contributed by atoms with van der Waals surface area (Å²) in [5.41, 5.74) is 7.69. The van der Waals surface area contributed by atoms with E-state index in [-0.39, 0.29) is 59.9 Å². The highest BCUT2D eigenvalue weighted by molar-refractivity contribution is 5.90. The van der Waals surface area contributed by atoms with Gasteiger partial charge in [-0.3, -0.25) is 24.1 Å². The maximum Gasteiger partial charge on any atom is 0.245 e. The van der Waals surface area contributed by atoms with E-state index < -0.39 is 30.2 Å². The number of nitrogens with one attached hydrogen (secondary N) is 1. The minimum absolute atomic E-state index is 0.00186. The van der Waals surface area contributed by atoms with Gasteiger partial charge in [0, 0.05) is 47.1 Å². The highest BCUT2D eigenvalue weighted by Crippen LogP contribution is 2.30. The lowest BCUT2D eigenvalue weighted by Crippen LogP contribution is -2.59. The van der Waals surface area contributed by atoms with Crippen LogP contribution in [0.5, 0.6) is 0 Å². The standard InChI is InChI=1S/C40H70N6O6/c1-14-27(6)36(45(11)40(50)34(25(2)3)42-38(48)35(26(4)5)43(8)9)32(51-12)24-33(47)46-21-16-19-31(46)37(52-13)28(7)39(49)44(10)22-20-29-17-15-18-30(41)23-29/h15,17-18,23,25-28,31-32,34-37H,14,16,19-22,24,41H2,1-13H3,(H,42,48)/t27-,28+,31-,32+,34-,35-,36-,37+/m0/s1. The van der Waals surface area contributed by atoms with E-state index in [1.54, 1.807) is 38.1 Å². The smallest absolute Gasteiger partial charge is 0.245 e. The van der Waals surface area contributed by atoms with E-state index in [1.165, 1.54) is 0 Å². The number of carbonyl (C=O) groups is 4. The molecular formula is C40H70N6O6. The van der Waals surface area contributed by atoms with Gasteiger partial charge in [-0.2, -0.15) is 0 Å². The van der Waals surface area contributed by atoms with Gasteiger partial charge in [-0.05, 0) is 68.8 Å². The van der Waals surface area contributed by atoms with Gasteiger partial charge >= 0.3 is 0 Å². The summed E-state index contributed by atoms with van der Waals surface area (Å²) in [5, 5.41) is 3.05. The molecular weight excluding hydrogens is 660 g/mol. The molecule has 0 radical (unpaired) electrons. The number of nitrogen functional groups attached to an aromatic ring is 1. The van der Waals surface area contributed by atoms with Gasteiger partial charge in [0.05, 0.1) is 42.7 Å². The summed E-state index contributed by atoms with van der Waals surface area (Å²) in [7, 11) is 10.5. The second-order valence-electron chi connectivity index (χ2n) is 15.7. The molecule has 0 aliphatic carbocycles. The monoisotopic (exact) mass is 731 g/mol. The highest BCUT2D eigenvalue weighted by Gasteiger charge is 2.43. The maximum absolute atomic E-state index is 14.2. The van der Waals surface area contributed by atoms with E-state index in [2.05, 4.69) is 19.2 Å². The second-order valence-corrected chi connectivity index (χ2v) is 15.7. The van der Waals surface area contributed by atoms with Crippen LogP contribution in [0.15, 0.2) is 24.3 Å². The first-order valence-electron chi connectivity index (χ1n) is 19.1. The van der Waals surface area contributed by atoms with Crippen LogP contribution in [-0.4, -0.2) is 135 Å². The van der Waals surface area contributed by atoms with Crippen LogP contribution in [0.25, 0.3) is 0 Å². The summed E-state index contributed by atoms with van der Waals surface area (Å²) < 4.78 is 12.0. The Morgan fingerprint density at radius 1 is 0.962 bits per heavy atom. The first-order chi connectivity index (χ1) is 24.4. The van der Waals surface area contributed by atoms with Crippen molar-refractivity contribution in [3.63, 3.8) is 0 Å². The number of rotatable bonds is 20. The predicted octanol–water partition coefficient (Wildman–Crippen LogP) is 3.92. The third-order valence-electron chi connectivity index (χ3n) is 11.0. The van der Waals surface area contributed by atoms with Crippen molar-refractivity contribution in [2.24, 2.45) is 23.7 Å². The third kappa shape index (κ3) is 11.6. The molecule has 1 aliphatic heterocycles. The van der Waals surface area contributed by atoms with Crippen LogP contribution in [0.2, 0.25) is 0 Å². The number of nitrogens with zero attached hydrogens (tertiary/aromatic N) is 4. The number of amides is 4. The molecule has 2 rings (SSSR count). The highest BCUT2D eigenvalue weighted by atomic mass is 16.5. The van der Waals surface area contributed by atoms with Crippen molar-refractivity contribution >= 4 is 29.3 Å². The summed E-state index contributed by atoms with van der Waals surface area (Å²) in [6.45, 7) is 14.9. The summed E-state index contributed by atoms with van der Waals surface area (Å²) in [5.74, 6) is -1.12. The van der Waals surface area contributed by atoms with E-state index in [4.69, 9.17) is 15.2 Å². The molecule has 1 aromatic rings. The van der Waals surface area contributed by atoms with Crippen molar-refractivity contribution in [2.45, 2.75) is 117 Å². The molecule has 12 heteroatoms. The van der Waals surface area contributed by atoms with Crippen molar-refractivity contribution in [1.82, 2.24) is 24.9 Å². The Morgan fingerprint density at radius 2 is 1.62 bits per heavy atom. The SMILES string of the molecule is CC[C@H](C)[C@@H]([C@@H](CC(=O)N1CCC[C@H]1[C@H](OC)[C@@H](C)C(=O)N(C)CCc1cccc(N)c1)OC)N(C)C(=O)[C@@H](NC(=O)[C@H](C(C)C)N(C)C)C(C)C. The van der Waals surface area contributed by atoms with Crippen molar-refractivity contribution in [1.29, 1.82) is 0 Å². The summed E-state index contributed by atoms with van der Waals surface area (Å²) in [4.78, 5) is 62.6. The van der Waals surface area contributed by atoms with Crippen molar-refractivity contribution in [3.05, 3.63) is 29.8 Å². The number of ether oxygens (including phenoxy) is 2. The van der Waals surface area contributed by atoms with Gasteiger partial charge in [0.15, 0.2) is 0 Å². The van der Waals surface area contributed by atoms with E-state index in [0.29, 0.717) is 25.2 Å². The van der Waals surface area contributed by atoms with Crippen LogP contribution >= 0.6 is 0 Å². The zero-order valence-electron chi connectivity index (χ0n) is 34.3. The number of likely N-dealkylation sites (tertiary alicyclic amines) is 1. The number of nitrogens with two attached hydrogens (primary N) is 1. The molecule has 0 bridgehead atoms. The first kappa shape index (κ1) is 44.9. The molecule has 52 heavy (non-hydrogen) atoms. The van der Waals surface area contributed by atoms with Crippen LogP contribution in [0.4, 0.5) is 5.69 Å². The van der Waals surface area contributed by atoms with E-state index in [9.17, 15) is 19.2 Å². The first-order valence-corrected chi connectivity index (χ1v) is 19.1. The van der Waals surface area contributed by atoms with E-state index in [1.807, 2.05) is 82.8 Å². The van der Waals surface area contributed by atoms with Crippen LogP contribution in [0.3, 0.4) is 0 Å². The molecule has 1 aliphatic rings. The fraction of sp³-hybridized carbons (Fsp3) is 0.750. The number of hydrogen-bond donors (Lipinski definition) is 2. The lowest BCUT2D eigenvalue weighted by atomic mass is 9.89. The largest absolute Gasteiger partial charge is 0.399 e. The normalized spacial score (nSPS) is 18.8. The molecule has 0 aromatic heterocycles. The third-order valence-corrected chi connectivity index (χ3v) is 11.0. The van der Waals surface area contributed by atoms with Gasteiger partial charge in [-0.1, -0.05) is 67.0 Å². The Labute approximate surface area is 314 Å². The fourth-order valence-electron chi connectivity index (χ4n) is 7.91. The molecule has 1 heterocycles. The molecule has 0 saturated carbocycles. The molecule has 1 aromatic carbocycles. The Hall–Kier alpha value is -3.22. The maximum atomic E-state index is 14.2. The number of benzene rings is 1. The molecule has 1 saturated heterocycles. The molecule has 0 spiro atoms. The van der Waals surface area contributed by atoms with Gasteiger partial charge in [0.1, 0.15) is 6.04 Å². The van der Waals surface area contributed by atoms with Crippen LogP contribution in [0, 0.1) is 23.7 Å². The number of likely N-dealkylation sites (N-methyl/N-ethyl adjacent to an activating group) is 3. The minimum atomic E-state index is -0.744. The molecule has 0 unspecified atom stereocenters. The summed E-state index contributed by atoms with van der Waals surface area (Å²) in [6, 6.07) is 5.85. The van der Waals surface area contributed by atoms with Crippen LogP contribution < -0.4 is 11.1 Å². The van der Waals surface area contributed by atoms with Crippen molar-refractivity contribution in [3.8, 4) is 0 Å². The number of carbonyl (C=O) groups excluding carboxylic acids is 4. The summed E-state index contributed by atoms with van der Waals surface area (Å²) >= 11 is 0. The molecule has 296 valence electrons. The number of methoxy groups -OCH3 is 2. The number of anilines is 1. The van der Waals surface area contributed by atoms with Gasteiger partial charge in [-0.25, -0.2) is 0 Å². The van der Waals surface area contributed by atoms with Crippen molar-refractivity contribution in [2.75, 3.05) is 61.2 Å². The zero-order valence-corrected chi connectivity index (χ0v) is 34.3. The van der Waals surface area contributed by atoms with E-state index in [0.717, 1.165) is 24.8 Å². The van der Waals surface area contributed by atoms with Crippen LogP contribution in [0.1, 0.15) is 79.7 Å². The minimum Gasteiger partial charge on any atom is -0.399 e. The number of hydrogen-bond acceptors (Lipinski definition) is 8. The average Bonchev–Trinajstić information content (AvgIpc) is 3.57. The topological polar surface area (TPSA) is 138 Å². The Balaban J connectivity index is 2.24. The predicted molar refractivity (Wildman–Crippen MR) is 207 cm³/mol. The molecule has 4 amide bonds. The Morgan fingerprint density at radius 3 is 2.13 bits per heavy atom. The quantitative estimate of drug-likeness (QED) is 0.193. The van der Waals surface area contributed by atoms with Gasteiger partial charge in [0.2, 0.25) is 23.6 Å². The lowest BCUT2D eigenvalue weighted by Gasteiger charge is -2.41. The molecule has 1 fully saturated rings. The zero-order chi connectivity index (χ0) is 39.4. The van der Waals surface area contributed by atoms with Crippen LogP contribution in [-0.2, 0) is 35.1 Å². The van der Waals surface area contributed by atoms with E-state index >= 15 is 0 Å². The average molecular weight is 731 g/mol. The summed E-state index contributed by atoms with van der Waals surface area (Å²) in [6.07, 6.45) is 1.94. The molecule has 12 nitrogen and oxygen atoms in total. The molecule has 8 atom stereocenters. The van der Waals surface area contributed by atoms with Gasteiger partial charge in [-0.15, -0.1) is 0 Å². The second kappa shape index (κ2) is 20.9. The van der Waals surface area contributed by atoms with Gasteiger partial charge in [0.25, 0.3) is 0 Å². The molecule has 3 N–H and O–H groups in total. The Bertz CT molecular complexity index is 1300.